The first kappa shape index (κ1) is 15.4. The van der Waals surface area contributed by atoms with Crippen molar-refractivity contribution in [2.45, 2.75) is 49.8 Å². The first-order valence-electron chi connectivity index (χ1n) is 7.31. The molecule has 112 valence electrons. The van der Waals surface area contributed by atoms with Crippen molar-refractivity contribution in [1.29, 1.82) is 0 Å². The Balaban J connectivity index is 1.87. The summed E-state index contributed by atoms with van der Waals surface area (Å²) in [6, 6.07) is 5.96. The van der Waals surface area contributed by atoms with Gasteiger partial charge in [-0.25, -0.2) is 8.42 Å². The Bertz CT molecular complexity index is 516. The van der Waals surface area contributed by atoms with Crippen LogP contribution in [0.4, 0.5) is 0 Å². The minimum Gasteiger partial charge on any atom is -0.327 e. The second-order valence-electron chi connectivity index (χ2n) is 5.90. The standard InChI is InChI=1S/C15H24N2O2S/c1-20(18,19)14-7-4-5-12(11-14)15(16)9-8-13-6-2-3-10-17-13/h2-3,6,10,12,14-15H,4-5,7-9,11,16H2,1H3. The van der Waals surface area contributed by atoms with E-state index in [4.69, 9.17) is 5.73 Å². The topological polar surface area (TPSA) is 73.0 Å². The van der Waals surface area contributed by atoms with Crippen LogP contribution in [0.5, 0.6) is 0 Å². The molecule has 0 spiro atoms. The molecule has 0 bridgehead atoms. The van der Waals surface area contributed by atoms with Crippen molar-refractivity contribution < 1.29 is 8.42 Å². The van der Waals surface area contributed by atoms with Gasteiger partial charge in [0, 0.05) is 24.2 Å². The van der Waals surface area contributed by atoms with E-state index in [1.807, 2.05) is 18.2 Å². The SMILES string of the molecule is CS(=O)(=O)C1CCCC(C(N)CCc2ccccn2)C1. The molecule has 4 nitrogen and oxygen atoms in total. The molecule has 1 heterocycles. The molecule has 3 unspecified atom stereocenters. The van der Waals surface area contributed by atoms with Crippen molar-refractivity contribution in [1.82, 2.24) is 4.98 Å². The Morgan fingerprint density at radius 2 is 2.20 bits per heavy atom. The number of rotatable bonds is 5. The summed E-state index contributed by atoms with van der Waals surface area (Å²) in [5.41, 5.74) is 7.33. The summed E-state index contributed by atoms with van der Waals surface area (Å²) < 4.78 is 23.4. The Labute approximate surface area is 121 Å². The van der Waals surface area contributed by atoms with E-state index in [2.05, 4.69) is 4.98 Å². The Hall–Kier alpha value is -0.940. The number of hydrogen-bond donors (Lipinski definition) is 1. The molecule has 2 N–H and O–H groups in total. The molecule has 1 fully saturated rings. The van der Waals surface area contributed by atoms with Gasteiger partial charge in [0.15, 0.2) is 0 Å². The van der Waals surface area contributed by atoms with Crippen LogP contribution >= 0.6 is 0 Å². The average molecular weight is 296 g/mol. The third-order valence-electron chi connectivity index (χ3n) is 4.34. The lowest BCUT2D eigenvalue weighted by Gasteiger charge is -2.32. The van der Waals surface area contributed by atoms with Crippen LogP contribution in [-0.2, 0) is 16.3 Å². The summed E-state index contributed by atoms with van der Waals surface area (Å²) in [4.78, 5) is 4.30. The first-order chi connectivity index (χ1) is 9.47. The third kappa shape index (κ3) is 4.28. The smallest absolute Gasteiger partial charge is 0.150 e. The summed E-state index contributed by atoms with van der Waals surface area (Å²) in [7, 11) is -2.93. The lowest BCUT2D eigenvalue weighted by Crippen LogP contribution is -2.37. The van der Waals surface area contributed by atoms with Crippen molar-refractivity contribution in [3.63, 3.8) is 0 Å². The van der Waals surface area contributed by atoms with E-state index in [-0.39, 0.29) is 11.3 Å². The quantitative estimate of drug-likeness (QED) is 0.901. The van der Waals surface area contributed by atoms with Gasteiger partial charge in [-0.3, -0.25) is 4.98 Å². The fourth-order valence-corrected chi connectivity index (χ4v) is 4.25. The number of hydrogen-bond acceptors (Lipinski definition) is 4. The van der Waals surface area contributed by atoms with Gasteiger partial charge in [0.1, 0.15) is 9.84 Å². The number of sulfone groups is 1. The van der Waals surface area contributed by atoms with Gasteiger partial charge in [0.2, 0.25) is 0 Å². The number of aromatic nitrogens is 1. The molecule has 0 aromatic carbocycles. The lowest BCUT2D eigenvalue weighted by molar-refractivity contribution is 0.295. The fourth-order valence-electron chi connectivity index (χ4n) is 3.06. The van der Waals surface area contributed by atoms with Crippen molar-refractivity contribution >= 4 is 9.84 Å². The van der Waals surface area contributed by atoms with Crippen molar-refractivity contribution in [2.24, 2.45) is 11.7 Å². The number of nitrogens with two attached hydrogens (primary N) is 1. The van der Waals surface area contributed by atoms with Gasteiger partial charge in [-0.2, -0.15) is 0 Å². The van der Waals surface area contributed by atoms with Gasteiger partial charge in [0.25, 0.3) is 0 Å². The second-order valence-corrected chi connectivity index (χ2v) is 8.23. The molecule has 1 aromatic rings. The van der Waals surface area contributed by atoms with Gasteiger partial charge in [0.05, 0.1) is 5.25 Å². The molecule has 2 rings (SSSR count). The molecule has 0 saturated heterocycles. The molecule has 3 atom stereocenters. The van der Waals surface area contributed by atoms with Gasteiger partial charge in [-0.15, -0.1) is 0 Å². The third-order valence-corrected chi connectivity index (χ3v) is 5.98. The Morgan fingerprint density at radius 3 is 2.85 bits per heavy atom. The molecule has 0 aliphatic heterocycles. The Kier molecular flexibility index (Phi) is 5.16. The first-order valence-corrected chi connectivity index (χ1v) is 9.26. The van der Waals surface area contributed by atoms with Crippen LogP contribution in [0.25, 0.3) is 0 Å². The van der Waals surface area contributed by atoms with Crippen LogP contribution in [0.15, 0.2) is 24.4 Å². The average Bonchev–Trinajstić information content (AvgIpc) is 2.45. The van der Waals surface area contributed by atoms with E-state index in [0.29, 0.717) is 5.92 Å². The zero-order valence-corrected chi connectivity index (χ0v) is 12.8. The predicted octanol–water partition coefficient (Wildman–Crippen LogP) is 1.94. The van der Waals surface area contributed by atoms with Crippen LogP contribution in [-0.4, -0.2) is 30.9 Å². The maximum Gasteiger partial charge on any atom is 0.150 e. The highest BCUT2D eigenvalue weighted by Crippen LogP contribution is 2.31. The maximum absolute atomic E-state index is 11.7. The predicted molar refractivity (Wildman–Crippen MR) is 81.1 cm³/mol. The number of aryl methyl sites for hydroxylation is 1. The lowest BCUT2D eigenvalue weighted by atomic mass is 9.82. The van der Waals surface area contributed by atoms with E-state index in [9.17, 15) is 8.42 Å². The zero-order chi connectivity index (χ0) is 14.6. The molecule has 1 aliphatic carbocycles. The molecule has 0 radical (unpaired) electrons. The highest BCUT2D eigenvalue weighted by atomic mass is 32.2. The Morgan fingerprint density at radius 1 is 1.40 bits per heavy atom. The monoisotopic (exact) mass is 296 g/mol. The number of pyridine rings is 1. The summed E-state index contributed by atoms with van der Waals surface area (Å²) in [5.74, 6) is 0.326. The molecule has 1 aliphatic rings. The van der Waals surface area contributed by atoms with Gasteiger partial charge in [-0.05, 0) is 50.2 Å². The van der Waals surface area contributed by atoms with E-state index >= 15 is 0 Å². The fraction of sp³-hybridized carbons (Fsp3) is 0.667. The minimum atomic E-state index is -2.93. The summed E-state index contributed by atoms with van der Waals surface area (Å²) in [6.07, 6.45) is 8.42. The van der Waals surface area contributed by atoms with Crippen LogP contribution in [0, 0.1) is 5.92 Å². The molecule has 1 saturated carbocycles. The van der Waals surface area contributed by atoms with E-state index in [1.165, 1.54) is 6.26 Å². The molecule has 5 heteroatoms. The summed E-state index contributed by atoms with van der Waals surface area (Å²) in [5, 5.41) is -0.192. The van der Waals surface area contributed by atoms with Gasteiger partial charge >= 0.3 is 0 Å². The normalized spacial score (nSPS) is 25.3. The molecule has 1 aromatic heterocycles. The van der Waals surface area contributed by atoms with Crippen molar-refractivity contribution in [3.05, 3.63) is 30.1 Å². The molecular weight excluding hydrogens is 272 g/mol. The van der Waals surface area contributed by atoms with Crippen molar-refractivity contribution in [3.8, 4) is 0 Å². The molecule has 20 heavy (non-hydrogen) atoms. The van der Waals surface area contributed by atoms with E-state index < -0.39 is 9.84 Å². The zero-order valence-electron chi connectivity index (χ0n) is 12.0. The van der Waals surface area contributed by atoms with Gasteiger partial charge in [-0.1, -0.05) is 12.5 Å². The van der Waals surface area contributed by atoms with E-state index in [0.717, 1.165) is 44.2 Å². The van der Waals surface area contributed by atoms with Crippen LogP contribution < -0.4 is 5.73 Å². The summed E-state index contributed by atoms with van der Waals surface area (Å²) in [6.45, 7) is 0. The largest absolute Gasteiger partial charge is 0.327 e. The molecule has 0 amide bonds. The van der Waals surface area contributed by atoms with Gasteiger partial charge < -0.3 is 5.73 Å². The van der Waals surface area contributed by atoms with Crippen molar-refractivity contribution in [2.75, 3.05) is 6.26 Å². The van der Waals surface area contributed by atoms with E-state index in [1.54, 1.807) is 6.20 Å². The van der Waals surface area contributed by atoms with Crippen LogP contribution in [0.1, 0.15) is 37.8 Å². The number of nitrogens with zero attached hydrogens (tertiary/aromatic N) is 1. The highest BCUT2D eigenvalue weighted by Gasteiger charge is 2.31. The van der Waals surface area contributed by atoms with Crippen LogP contribution in [0.2, 0.25) is 0 Å². The maximum atomic E-state index is 11.7. The molecular formula is C15H24N2O2S. The summed E-state index contributed by atoms with van der Waals surface area (Å²) >= 11 is 0. The highest BCUT2D eigenvalue weighted by molar-refractivity contribution is 7.91. The minimum absolute atomic E-state index is 0.0709. The second kappa shape index (κ2) is 6.68. The van der Waals surface area contributed by atoms with Crippen LogP contribution in [0.3, 0.4) is 0 Å².